The highest BCUT2D eigenvalue weighted by Gasteiger charge is 2.23. The topological polar surface area (TPSA) is 85.4 Å². The van der Waals surface area contributed by atoms with Gasteiger partial charge in [-0.3, -0.25) is 4.79 Å². The van der Waals surface area contributed by atoms with Crippen LogP contribution in [0.1, 0.15) is 18.5 Å². The molecule has 0 bridgehead atoms. The Hall–Kier alpha value is -2.90. The molecule has 0 aliphatic rings. The number of urea groups is 1. The number of aromatic amines is 1. The van der Waals surface area contributed by atoms with Gasteiger partial charge in [0.05, 0.1) is 17.7 Å². The molecule has 8 heteroatoms. The van der Waals surface area contributed by atoms with E-state index in [-0.39, 0.29) is 23.7 Å². The quantitative estimate of drug-likeness (QED) is 0.603. The standard InChI is InChI=1S/C20H19ClFN3O3/c1-12(16-11-23-19(27)15-5-3-2-4-14(15)16)25(8-9-26)20(28)24-13-6-7-18(22)17(21)10-13/h2-7,10-12,26H,8-9H2,1H3,(H,23,27)(H,24,28)/t12-/m1/s1. The first kappa shape index (κ1) is 19.9. The van der Waals surface area contributed by atoms with Crippen molar-refractivity contribution in [3.05, 3.63) is 75.4 Å². The molecule has 0 aliphatic carbocycles. The Morgan fingerprint density at radius 2 is 2.00 bits per heavy atom. The summed E-state index contributed by atoms with van der Waals surface area (Å²) in [5.74, 6) is -0.583. The number of H-pyrrole nitrogens is 1. The van der Waals surface area contributed by atoms with E-state index in [1.807, 2.05) is 12.1 Å². The Balaban J connectivity index is 1.93. The van der Waals surface area contributed by atoms with E-state index >= 15 is 0 Å². The van der Waals surface area contributed by atoms with Gasteiger partial charge in [0.2, 0.25) is 0 Å². The molecule has 0 radical (unpaired) electrons. The fourth-order valence-electron chi connectivity index (χ4n) is 3.09. The van der Waals surface area contributed by atoms with Gasteiger partial charge in [-0.2, -0.15) is 0 Å². The number of nitrogens with one attached hydrogen (secondary N) is 2. The van der Waals surface area contributed by atoms with Crippen LogP contribution in [-0.4, -0.2) is 34.2 Å². The highest BCUT2D eigenvalue weighted by molar-refractivity contribution is 6.31. The zero-order chi connectivity index (χ0) is 20.3. The molecule has 3 N–H and O–H groups in total. The third-order valence-corrected chi connectivity index (χ3v) is 4.82. The highest BCUT2D eigenvalue weighted by atomic mass is 35.5. The molecule has 3 aromatic rings. The van der Waals surface area contributed by atoms with Crippen molar-refractivity contribution in [3.8, 4) is 0 Å². The van der Waals surface area contributed by atoms with Crippen LogP contribution in [0.15, 0.2) is 53.5 Å². The van der Waals surface area contributed by atoms with E-state index in [0.29, 0.717) is 11.1 Å². The maximum atomic E-state index is 13.3. The van der Waals surface area contributed by atoms with Gasteiger partial charge < -0.3 is 20.3 Å². The monoisotopic (exact) mass is 403 g/mol. The van der Waals surface area contributed by atoms with E-state index in [9.17, 15) is 19.1 Å². The number of carbonyl (C=O) groups excluding carboxylic acids is 1. The number of benzene rings is 2. The van der Waals surface area contributed by atoms with Gasteiger partial charge >= 0.3 is 6.03 Å². The second-order valence-electron chi connectivity index (χ2n) is 6.27. The van der Waals surface area contributed by atoms with Gasteiger partial charge in [0.25, 0.3) is 5.56 Å². The third kappa shape index (κ3) is 4.00. The molecule has 0 unspecified atom stereocenters. The van der Waals surface area contributed by atoms with Gasteiger partial charge in [-0.15, -0.1) is 0 Å². The normalized spacial score (nSPS) is 12.0. The first-order valence-corrected chi connectivity index (χ1v) is 9.04. The second kappa shape index (κ2) is 8.41. The Bertz CT molecular complexity index is 1070. The second-order valence-corrected chi connectivity index (χ2v) is 6.68. The van der Waals surface area contributed by atoms with E-state index in [1.165, 1.54) is 17.0 Å². The fraction of sp³-hybridized carbons (Fsp3) is 0.200. The summed E-state index contributed by atoms with van der Waals surface area (Å²) in [6, 6.07) is 10.0. The minimum Gasteiger partial charge on any atom is -0.395 e. The van der Waals surface area contributed by atoms with Crippen LogP contribution in [0.25, 0.3) is 10.8 Å². The lowest BCUT2D eigenvalue weighted by atomic mass is 10.0. The average Bonchev–Trinajstić information content (AvgIpc) is 2.69. The lowest BCUT2D eigenvalue weighted by molar-refractivity contribution is 0.168. The molecule has 146 valence electrons. The minimum atomic E-state index is -0.583. The SMILES string of the molecule is C[C@H](c1c[nH]c(=O)c2ccccc12)N(CCO)C(=O)Nc1ccc(F)c(Cl)c1. The highest BCUT2D eigenvalue weighted by Crippen LogP contribution is 2.27. The van der Waals surface area contributed by atoms with Crippen LogP contribution in [0.5, 0.6) is 0 Å². The van der Waals surface area contributed by atoms with Crippen molar-refractivity contribution in [2.75, 3.05) is 18.5 Å². The maximum Gasteiger partial charge on any atom is 0.322 e. The predicted octanol–water partition coefficient (Wildman–Crippen LogP) is 3.91. The number of fused-ring (bicyclic) bond motifs is 1. The first-order chi connectivity index (χ1) is 13.4. The van der Waals surface area contributed by atoms with Crippen molar-refractivity contribution < 1.29 is 14.3 Å². The zero-order valence-corrected chi connectivity index (χ0v) is 15.8. The summed E-state index contributed by atoms with van der Waals surface area (Å²) in [6.45, 7) is 1.62. The number of rotatable bonds is 5. The van der Waals surface area contributed by atoms with Crippen molar-refractivity contribution >= 4 is 34.1 Å². The number of pyridine rings is 1. The molecule has 28 heavy (non-hydrogen) atoms. The summed E-state index contributed by atoms with van der Waals surface area (Å²) in [5, 5.41) is 13.2. The number of halogens is 2. The number of amides is 2. The number of aliphatic hydroxyl groups is 1. The van der Waals surface area contributed by atoms with Crippen molar-refractivity contribution in [2.45, 2.75) is 13.0 Å². The van der Waals surface area contributed by atoms with Crippen LogP contribution >= 0.6 is 11.6 Å². The molecule has 0 saturated heterocycles. The van der Waals surface area contributed by atoms with Crippen molar-refractivity contribution in [1.82, 2.24) is 9.88 Å². The average molecular weight is 404 g/mol. The van der Waals surface area contributed by atoms with Crippen LogP contribution < -0.4 is 10.9 Å². The van der Waals surface area contributed by atoms with Crippen LogP contribution in [-0.2, 0) is 0 Å². The smallest absolute Gasteiger partial charge is 0.322 e. The molecule has 1 heterocycles. The van der Waals surface area contributed by atoms with E-state index in [4.69, 9.17) is 11.6 Å². The van der Waals surface area contributed by atoms with Crippen LogP contribution in [0.3, 0.4) is 0 Å². The number of aliphatic hydroxyl groups excluding tert-OH is 1. The molecule has 6 nitrogen and oxygen atoms in total. The van der Waals surface area contributed by atoms with Crippen molar-refractivity contribution in [1.29, 1.82) is 0 Å². The Morgan fingerprint density at radius 3 is 2.68 bits per heavy atom. The summed E-state index contributed by atoms with van der Waals surface area (Å²) < 4.78 is 13.3. The van der Waals surface area contributed by atoms with E-state index in [2.05, 4.69) is 10.3 Å². The number of hydrogen-bond donors (Lipinski definition) is 3. The molecule has 0 fully saturated rings. The molecule has 2 amide bonds. The Kier molecular flexibility index (Phi) is 5.96. The van der Waals surface area contributed by atoms with Crippen molar-refractivity contribution in [2.24, 2.45) is 0 Å². The molecule has 1 aromatic heterocycles. The van der Waals surface area contributed by atoms with Gasteiger partial charge in [-0.25, -0.2) is 9.18 Å². The summed E-state index contributed by atoms with van der Waals surface area (Å²) >= 11 is 5.76. The summed E-state index contributed by atoms with van der Waals surface area (Å²) in [7, 11) is 0. The molecule has 1 atom stereocenters. The maximum absolute atomic E-state index is 13.3. The number of hydrogen-bond acceptors (Lipinski definition) is 3. The zero-order valence-electron chi connectivity index (χ0n) is 15.1. The number of aromatic nitrogens is 1. The molecule has 2 aromatic carbocycles. The van der Waals surface area contributed by atoms with E-state index in [0.717, 1.165) is 17.0 Å². The predicted molar refractivity (Wildman–Crippen MR) is 107 cm³/mol. The van der Waals surface area contributed by atoms with Gasteiger partial charge in [-0.05, 0) is 42.1 Å². The van der Waals surface area contributed by atoms with Gasteiger partial charge in [0.15, 0.2) is 0 Å². The summed E-state index contributed by atoms with van der Waals surface area (Å²) in [4.78, 5) is 29.0. The molecule has 0 saturated carbocycles. The van der Waals surface area contributed by atoms with Crippen LogP contribution in [0, 0.1) is 5.82 Å². The molecular formula is C20H19ClFN3O3. The lowest BCUT2D eigenvalue weighted by Crippen LogP contribution is -2.39. The van der Waals surface area contributed by atoms with Gasteiger partial charge in [-0.1, -0.05) is 29.8 Å². The van der Waals surface area contributed by atoms with Crippen LogP contribution in [0.2, 0.25) is 5.02 Å². The largest absolute Gasteiger partial charge is 0.395 e. The molecular weight excluding hydrogens is 385 g/mol. The van der Waals surface area contributed by atoms with Gasteiger partial charge in [0, 0.05) is 23.8 Å². The fourth-order valence-corrected chi connectivity index (χ4v) is 3.27. The first-order valence-electron chi connectivity index (χ1n) is 8.66. The Labute approximate surface area is 165 Å². The summed E-state index contributed by atoms with van der Waals surface area (Å²) in [5.41, 5.74) is 0.847. The molecule has 3 rings (SSSR count). The van der Waals surface area contributed by atoms with Crippen molar-refractivity contribution in [3.63, 3.8) is 0 Å². The van der Waals surface area contributed by atoms with E-state index < -0.39 is 17.9 Å². The summed E-state index contributed by atoms with van der Waals surface area (Å²) in [6.07, 6.45) is 1.57. The minimum absolute atomic E-state index is 0.0649. The van der Waals surface area contributed by atoms with Gasteiger partial charge in [0.1, 0.15) is 5.82 Å². The van der Waals surface area contributed by atoms with E-state index in [1.54, 1.807) is 25.3 Å². The molecule has 0 aliphatic heterocycles. The number of carbonyl (C=O) groups is 1. The number of nitrogens with zero attached hydrogens (tertiary/aromatic N) is 1. The third-order valence-electron chi connectivity index (χ3n) is 4.53. The lowest BCUT2D eigenvalue weighted by Gasteiger charge is -2.29. The van der Waals surface area contributed by atoms with Crippen LogP contribution in [0.4, 0.5) is 14.9 Å². The molecule has 0 spiro atoms. The Morgan fingerprint density at radius 1 is 1.29 bits per heavy atom. The number of anilines is 1.